The van der Waals surface area contributed by atoms with E-state index in [1.807, 2.05) is 42.6 Å². The Morgan fingerprint density at radius 1 is 0.964 bits per heavy atom. The molecule has 0 aliphatic rings. The highest BCUT2D eigenvalue weighted by molar-refractivity contribution is 6.31. The standard InChI is InChI=1S/C23H27Cl2N3/c1-3-28(4-2)14-12-18(17-5-7-19(24)8-6-17)16-27-22-11-13-26-23-15-20(25)9-10-21(22)23/h5-11,13,15,18H,3-4,12,14,16H2,1-2H3,(H,26,27)/t18-/m1/s1. The second kappa shape index (κ2) is 10.1. The van der Waals surface area contributed by atoms with Crippen molar-refractivity contribution in [1.29, 1.82) is 0 Å². The number of pyridine rings is 1. The number of nitrogens with zero attached hydrogens (tertiary/aromatic N) is 2. The van der Waals surface area contributed by atoms with Crippen LogP contribution in [0, 0.1) is 0 Å². The van der Waals surface area contributed by atoms with E-state index in [1.165, 1.54) is 5.56 Å². The fourth-order valence-electron chi connectivity index (χ4n) is 3.51. The minimum Gasteiger partial charge on any atom is -0.384 e. The third kappa shape index (κ3) is 5.38. The van der Waals surface area contributed by atoms with E-state index in [1.54, 1.807) is 0 Å². The molecule has 1 atom stereocenters. The van der Waals surface area contributed by atoms with E-state index in [0.717, 1.165) is 54.2 Å². The molecule has 2 aromatic carbocycles. The van der Waals surface area contributed by atoms with Crippen LogP contribution in [0.1, 0.15) is 31.7 Å². The number of hydrogen-bond acceptors (Lipinski definition) is 3. The van der Waals surface area contributed by atoms with Crippen molar-refractivity contribution >= 4 is 39.8 Å². The lowest BCUT2D eigenvalue weighted by Gasteiger charge is -2.24. The molecule has 3 nitrogen and oxygen atoms in total. The van der Waals surface area contributed by atoms with E-state index in [0.29, 0.717) is 10.9 Å². The van der Waals surface area contributed by atoms with Gasteiger partial charge in [0.1, 0.15) is 0 Å². The number of halogens is 2. The van der Waals surface area contributed by atoms with Crippen LogP contribution in [0.3, 0.4) is 0 Å². The highest BCUT2D eigenvalue weighted by Crippen LogP contribution is 2.27. The predicted octanol–water partition coefficient (Wildman–Crippen LogP) is 6.47. The Bertz CT molecular complexity index is 892. The number of aromatic nitrogens is 1. The van der Waals surface area contributed by atoms with Crippen LogP contribution in [-0.4, -0.2) is 36.1 Å². The third-order valence-electron chi connectivity index (χ3n) is 5.27. The average Bonchev–Trinajstić information content (AvgIpc) is 2.71. The van der Waals surface area contributed by atoms with Crippen LogP contribution in [0.2, 0.25) is 10.0 Å². The van der Waals surface area contributed by atoms with Gasteiger partial charge in [0.05, 0.1) is 5.52 Å². The van der Waals surface area contributed by atoms with E-state index in [2.05, 4.69) is 41.2 Å². The zero-order valence-corrected chi connectivity index (χ0v) is 18.0. The minimum atomic E-state index is 0.397. The molecule has 0 saturated heterocycles. The van der Waals surface area contributed by atoms with Crippen molar-refractivity contribution in [2.45, 2.75) is 26.2 Å². The van der Waals surface area contributed by atoms with Gasteiger partial charge >= 0.3 is 0 Å². The maximum absolute atomic E-state index is 6.11. The van der Waals surface area contributed by atoms with Crippen molar-refractivity contribution in [3.05, 3.63) is 70.3 Å². The fraction of sp³-hybridized carbons (Fsp3) is 0.348. The lowest BCUT2D eigenvalue weighted by atomic mass is 9.95. The smallest absolute Gasteiger partial charge is 0.0737 e. The van der Waals surface area contributed by atoms with Crippen LogP contribution >= 0.6 is 23.2 Å². The summed E-state index contributed by atoms with van der Waals surface area (Å²) >= 11 is 12.2. The van der Waals surface area contributed by atoms with E-state index in [-0.39, 0.29) is 0 Å². The minimum absolute atomic E-state index is 0.397. The summed E-state index contributed by atoms with van der Waals surface area (Å²) in [5.41, 5.74) is 3.30. The number of hydrogen-bond donors (Lipinski definition) is 1. The maximum Gasteiger partial charge on any atom is 0.0737 e. The monoisotopic (exact) mass is 415 g/mol. The zero-order valence-electron chi connectivity index (χ0n) is 16.5. The summed E-state index contributed by atoms with van der Waals surface area (Å²) in [6, 6.07) is 16.1. The summed E-state index contributed by atoms with van der Waals surface area (Å²) < 4.78 is 0. The number of fused-ring (bicyclic) bond motifs is 1. The van der Waals surface area contributed by atoms with Gasteiger partial charge < -0.3 is 10.2 Å². The number of benzene rings is 2. The van der Waals surface area contributed by atoms with Gasteiger partial charge in [0.25, 0.3) is 0 Å². The Hall–Kier alpha value is -1.81. The summed E-state index contributed by atoms with van der Waals surface area (Å²) in [6.07, 6.45) is 2.92. The van der Waals surface area contributed by atoms with Gasteiger partial charge in [-0.3, -0.25) is 4.98 Å². The first kappa shape index (κ1) is 20.9. The van der Waals surface area contributed by atoms with Gasteiger partial charge in [-0.05, 0) is 68.0 Å². The molecule has 1 heterocycles. The van der Waals surface area contributed by atoms with E-state index in [9.17, 15) is 0 Å². The second-order valence-corrected chi connectivity index (χ2v) is 7.84. The predicted molar refractivity (Wildman–Crippen MR) is 122 cm³/mol. The number of rotatable bonds is 9. The topological polar surface area (TPSA) is 28.2 Å². The van der Waals surface area contributed by atoms with Gasteiger partial charge in [0.2, 0.25) is 0 Å². The summed E-state index contributed by atoms with van der Waals surface area (Å²) in [7, 11) is 0. The quantitative estimate of drug-likeness (QED) is 0.433. The lowest BCUT2D eigenvalue weighted by molar-refractivity contribution is 0.291. The molecular formula is C23H27Cl2N3. The Balaban J connectivity index is 1.78. The molecular weight excluding hydrogens is 389 g/mol. The SMILES string of the molecule is CCN(CC)CC[C@H](CNc1ccnc2cc(Cl)ccc12)c1ccc(Cl)cc1. The molecule has 0 radical (unpaired) electrons. The van der Waals surface area contributed by atoms with E-state index < -0.39 is 0 Å². The molecule has 28 heavy (non-hydrogen) atoms. The molecule has 5 heteroatoms. The highest BCUT2D eigenvalue weighted by Gasteiger charge is 2.14. The third-order valence-corrected chi connectivity index (χ3v) is 5.76. The zero-order chi connectivity index (χ0) is 19.9. The molecule has 0 amide bonds. The lowest BCUT2D eigenvalue weighted by Crippen LogP contribution is -2.26. The maximum atomic E-state index is 6.11. The average molecular weight is 416 g/mol. The largest absolute Gasteiger partial charge is 0.384 e. The van der Waals surface area contributed by atoms with Crippen LogP contribution in [0.15, 0.2) is 54.7 Å². The summed E-state index contributed by atoms with van der Waals surface area (Å²) in [5.74, 6) is 0.397. The van der Waals surface area contributed by atoms with Crippen molar-refractivity contribution < 1.29 is 0 Å². The van der Waals surface area contributed by atoms with Crippen LogP contribution in [-0.2, 0) is 0 Å². The van der Waals surface area contributed by atoms with Gasteiger partial charge in [0.15, 0.2) is 0 Å². The number of nitrogens with one attached hydrogen (secondary N) is 1. The fourth-order valence-corrected chi connectivity index (χ4v) is 3.80. The van der Waals surface area contributed by atoms with Crippen LogP contribution in [0.25, 0.3) is 10.9 Å². The molecule has 0 saturated carbocycles. The Morgan fingerprint density at radius 2 is 1.68 bits per heavy atom. The van der Waals surface area contributed by atoms with Crippen LogP contribution in [0.5, 0.6) is 0 Å². The molecule has 1 N–H and O–H groups in total. The second-order valence-electron chi connectivity index (χ2n) is 6.96. The van der Waals surface area contributed by atoms with Gasteiger partial charge in [0, 0.05) is 39.8 Å². The molecule has 1 aromatic heterocycles. The van der Waals surface area contributed by atoms with Crippen molar-refractivity contribution in [2.24, 2.45) is 0 Å². The van der Waals surface area contributed by atoms with Crippen LogP contribution in [0.4, 0.5) is 5.69 Å². The van der Waals surface area contributed by atoms with Crippen molar-refractivity contribution in [1.82, 2.24) is 9.88 Å². The van der Waals surface area contributed by atoms with Crippen molar-refractivity contribution in [3.63, 3.8) is 0 Å². The summed E-state index contributed by atoms with van der Waals surface area (Å²) in [6.45, 7) is 8.51. The Morgan fingerprint density at radius 3 is 2.39 bits per heavy atom. The molecule has 3 aromatic rings. The highest BCUT2D eigenvalue weighted by atomic mass is 35.5. The van der Waals surface area contributed by atoms with E-state index >= 15 is 0 Å². The molecule has 0 aliphatic carbocycles. The van der Waals surface area contributed by atoms with Crippen LogP contribution < -0.4 is 5.32 Å². The molecule has 0 spiro atoms. The molecule has 148 valence electrons. The molecule has 3 rings (SSSR count). The van der Waals surface area contributed by atoms with E-state index in [4.69, 9.17) is 23.2 Å². The Kier molecular flexibility index (Phi) is 7.55. The molecule has 0 fully saturated rings. The molecule has 0 aliphatic heterocycles. The van der Waals surface area contributed by atoms with Gasteiger partial charge in [-0.1, -0.05) is 49.2 Å². The van der Waals surface area contributed by atoms with Gasteiger partial charge in [-0.25, -0.2) is 0 Å². The van der Waals surface area contributed by atoms with Gasteiger partial charge in [-0.15, -0.1) is 0 Å². The van der Waals surface area contributed by atoms with Crippen molar-refractivity contribution in [2.75, 3.05) is 31.5 Å². The number of anilines is 1. The normalized spacial score (nSPS) is 12.5. The first-order valence-corrected chi connectivity index (χ1v) is 10.6. The first-order valence-electron chi connectivity index (χ1n) is 9.86. The molecule has 0 unspecified atom stereocenters. The van der Waals surface area contributed by atoms with Crippen molar-refractivity contribution in [3.8, 4) is 0 Å². The van der Waals surface area contributed by atoms with Gasteiger partial charge in [-0.2, -0.15) is 0 Å². The Labute approximate surface area is 177 Å². The molecule has 0 bridgehead atoms. The first-order chi connectivity index (χ1) is 13.6. The summed E-state index contributed by atoms with van der Waals surface area (Å²) in [4.78, 5) is 6.90. The summed E-state index contributed by atoms with van der Waals surface area (Å²) in [5, 5.41) is 6.21.